The molecule has 1 aromatic rings. The molecule has 108 valence electrons. The minimum absolute atomic E-state index is 0.0295. The summed E-state index contributed by atoms with van der Waals surface area (Å²) in [4.78, 5) is 30.3. The summed E-state index contributed by atoms with van der Waals surface area (Å²) < 4.78 is 0. The number of aliphatic imine (C=N–C) groups is 1. The van der Waals surface area contributed by atoms with Crippen molar-refractivity contribution in [2.24, 2.45) is 15.9 Å². The fourth-order valence-electron chi connectivity index (χ4n) is 2.35. The molecule has 1 aromatic carbocycles. The number of nitrogens with zero attached hydrogens (tertiary/aromatic N) is 4. The van der Waals surface area contributed by atoms with E-state index < -0.39 is 5.91 Å². The van der Waals surface area contributed by atoms with Crippen LogP contribution < -0.4 is 5.73 Å². The summed E-state index contributed by atoms with van der Waals surface area (Å²) in [6, 6.07) is 7.22. The van der Waals surface area contributed by atoms with Gasteiger partial charge in [0.15, 0.2) is 0 Å². The Morgan fingerprint density at radius 1 is 1.33 bits per heavy atom. The lowest BCUT2D eigenvalue weighted by molar-refractivity contribution is -0.124. The maximum Gasteiger partial charge on any atom is 0.286 e. The second-order valence-corrected chi connectivity index (χ2v) is 5.11. The van der Waals surface area contributed by atoms with Gasteiger partial charge in [0.1, 0.15) is 5.82 Å². The quantitative estimate of drug-likeness (QED) is 0.851. The van der Waals surface area contributed by atoms with Crippen molar-refractivity contribution in [2.75, 3.05) is 13.1 Å². The van der Waals surface area contributed by atoms with Crippen LogP contribution in [0.25, 0.3) is 0 Å². The Kier molecular flexibility index (Phi) is 3.34. The van der Waals surface area contributed by atoms with Crippen LogP contribution in [-0.4, -0.2) is 34.8 Å². The van der Waals surface area contributed by atoms with Crippen LogP contribution in [0.5, 0.6) is 0 Å². The molecule has 0 atom stereocenters. The van der Waals surface area contributed by atoms with Gasteiger partial charge in [-0.3, -0.25) is 19.6 Å². The lowest BCUT2D eigenvalue weighted by atomic mass is 10.2. The molecule has 0 radical (unpaired) electrons. The number of rotatable bonds is 3. The van der Waals surface area contributed by atoms with Gasteiger partial charge in [0.05, 0.1) is 13.1 Å². The second kappa shape index (κ2) is 5.17. The minimum atomic E-state index is -0.494. The van der Waals surface area contributed by atoms with E-state index in [2.05, 4.69) is 10.2 Å². The molecule has 8 heteroatoms. The highest BCUT2D eigenvalue weighted by Crippen LogP contribution is 2.24. The third kappa shape index (κ3) is 2.25. The van der Waals surface area contributed by atoms with Crippen LogP contribution in [0.15, 0.2) is 46.0 Å². The van der Waals surface area contributed by atoms with Gasteiger partial charge in [-0.1, -0.05) is 23.7 Å². The SMILES string of the molecule is NC1=C(N=O)C(=O)N2CCN=C2N1Cc1ccc(Cl)cc1. The van der Waals surface area contributed by atoms with Gasteiger partial charge in [-0.05, 0) is 22.9 Å². The van der Waals surface area contributed by atoms with Gasteiger partial charge in [0.25, 0.3) is 5.91 Å². The number of carbonyl (C=O) groups excluding carboxylic acids is 1. The van der Waals surface area contributed by atoms with E-state index in [1.54, 1.807) is 17.0 Å². The first-order chi connectivity index (χ1) is 10.1. The summed E-state index contributed by atoms with van der Waals surface area (Å²) in [6.45, 7) is 1.29. The predicted molar refractivity (Wildman–Crippen MR) is 78.0 cm³/mol. The van der Waals surface area contributed by atoms with Crippen LogP contribution in [0.2, 0.25) is 5.02 Å². The van der Waals surface area contributed by atoms with Crippen molar-refractivity contribution < 1.29 is 4.79 Å². The molecule has 1 amide bonds. The molecule has 0 aromatic heterocycles. The highest BCUT2D eigenvalue weighted by Gasteiger charge is 2.39. The third-order valence-electron chi connectivity index (χ3n) is 3.39. The van der Waals surface area contributed by atoms with Crippen molar-refractivity contribution in [3.8, 4) is 0 Å². The molecule has 0 spiro atoms. The lowest BCUT2D eigenvalue weighted by Crippen LogP contribution is -2.51. The normalized spacial score (nSPS) is 18.0. The Labute approximate surface area is 125 Å². The number of benzene rings is 1. The zero-order valence-corrected chi connectivity index (χ0v) is 11.7. The molecule has 0 saturated heterocycles. The lowest BCUT2D eigenvalue weighted by Gasteiger charge is -2.34. The highest BCUT2D eigenvalue weighted by atomic mass is 35.5. The summed E-state index contributed by atoms with van der Waals surface area (Å²) in [5.74, 6) is -0.00666. The van der Waals surface area contributed by atoms with Gasteiger partial charge in [-0.15, -0.1) is 4.91 Å². The third-order valence-corrected chi connectivity index (χ3v) is 3.64. The Balaban J connectivity index is 1.98. The molecule has 0 bridgehead atoms. The van der Waals surface area contributed by atoms with Gasteiger partial charge >= 0.3 is 0 Å². The Morgan fingerprint density at radius 2 is 2.05 bits per heavy atom. The van der Waals surface area contributed by atoms with Crippen molar-refractivity contribution in [3.63, 3.8) is 0 Å². The predicted octanol–water partition coefficient (Wildman–Crippen LogP) is 1.25. The Hall–Kier alpha value is -2.41. The average molecular weight is 306 g/mol. The molecule has 2 heterocycles. The van der Waals surface area contributed by atoms with Gasteiger partial charge < -0.3 is 5.73 Å². The van der Waals surface area contributed by atoms with E-state index in [1.807, 2.05) is 12.1 Å². The Morgan fingerprint density at radius 3 is 2.71 bits per heavy atom. The summed E-state index contributed by atoms with van der Waals surface area (Å²) >= 11 is 5.86. The maximum absolute atomic E-state index is 12.1. The summed E-state index contributed by atoms with van der Waals surface area (Å²) in [6.07, 6.45) is 0. The molecule has 0 aliphatic carbocycles. The van der Waals surface area contributed by atoms with Crippen LogP contribution >= 0.6 is 11.6 Å². The number of nitroso groups, excluding NO2 is 1. The van der Waals surface area contributed by atoms with Crippen LogP contribution in [0.4, 0.5) is 0 Å². The van der Waals surface area contributed by atoms with Crippen molar-refractivity contribution >= 4 is 23.5 Å². The van der Waals surface area contributed by atoms with Crippen molar-refractivity contribution in [1.29, 1.82) is 0 Å². The standard InChI is InChI=1S/C13H12ClN5O2/c14-9-3-1-8(2-4-9)7-19-11(15)10(17-21)12(20)18-6-5-16-13(18)19/h1-4H,5-7,15H2. The van der Waals surface area contributed by atoms with Crippen LogP contribution in [0, 0.1) is 4.91 Å². The second-order valence-electron chi connectivity index (χ2n) is 4.68. The molecule has 0 saturated carbocycles. The van der Waals surface area contributed by atoms with E-state index >= 15 is 0 Å². The summed E-state index contributed by atoms with van der Waals surface area (Å²) in [5, 5.41) is 3.40. The van der Waals surface area contributed by atoms with E-state index in [0.717, 1.165) is 5.56 Å². The fraction of sp³-hybridized carbons (Fsp3) is 0.231. The zero-order chi connectivity index (χ0) is 15.0. The summed E-state index contributed by atoms with van der Waals surface area (Å²) in [7, 11) is 0. The molecule has 21 heavy (non-hydrogen) atoms. The monoisotopic (exact) mass is 305 g/mol. The number of halogens is 1. The number of hydrogen-bond donors (Lipinski definition) is 1. The number of nitrogens with two attached hydrogens (primary N) is 1. The first kappa shape index (κ1) is 13.6. The van der Waals surface area contributed by atoms with Crippen molar-refractivity contribution in [2.45, 2.75) is 6.54 Å². The van der Waals surface area contributed by atoms with E-state index in [0.29, 0.717) is 30.6 Å². The first-order valence-corrected chi connectivity index (χ1v) is 6.71. The van der Waals surface area contributed by atoms with E-state index in [4.69, 9.17) is 17.3 Å². The molecule has 3 rings (SSSR count). The topological polar surface area (TPSA) is 91.4 Å². The van der Waals surface area contributed by atoms with Gasteiger partial charge in [0.2, 0.25) is 11.7 Å². The molecule has 0 fully saturated rings. The van der Waals surface area contributed by atoms with Crippen LogP contribution in [-0.2, 0) is 11.3 Å². The smallest absolute Gasteiger partial charge is 0.286 e. The van der Waals surface area contributed by atoms with E-state index in [1.165, 1.54) is 4.90 Å². The maximum atomic E-state index is 12.1. The summed E-state index contributed by atoms with van der Waals surface area (Å²) in [5.41, 5.74) is 6.57. The molecular weight excluding hydrogens is 294 g/mol. The fourth-order valence-corrected chi connectivity index (χ4v) is 2.47. The average Bonchev–Trinajstić information content (AvgIpc) is 2.96. The minimum Gasteiger partial charge on any atom is -0.383 e. The first-order valence-electron chi connectivity index (χ1n) is 6.33. The van der Waals surface area contributed by atoms with Gasteiger partial charge in [0, 0.05) is 11.6 Å². The van der Waals surface area contributed by atoms with Crippen molar-refractivity contribution in [1.82, 2.24) is 9.80 Å². The number of carbonyl (C=O) groups is 1. The molecule has 2 aliphatic heterocycles. The molecule has 7 nitrogen and oxygen atoms in total. The molecule has 0 unspecified atom stereocenters. The van der Waals surface area contributed by atoms with Crippen molar-refractivity contribution in [3.05, 3.63) is 51.3 Å². The number of guanidine groups is 1. The highest BCUT2D eigenvalue weighted by molar-refractivity contribution is 6.30. The molecular formula is C13H12ClN5O2. The van der Waals surface area contributed by atoms with Gasteiger partial charge in [-0.2, -0.15) is 0 Å². The van der Waals surface area contributed by atoms with E-state index in [-0.39, 0.29) is 11.5 Å². The van der Waals surface area contributed by atoms with E-state index in [9.17, 15) is 9.70 Å². The van der Waals surface area contributed by atoms with Gasteiger partial charge in [-0.25, -0.2) is 0 Å². The Bertz CT molecular complexity index is 668. The number of hydrogen-bond acceptors (Lipinski definition) is 6. The van der Waals surface area contributed by atoms with Crippen LogP contribution in [0.3, 0.4) is 0 Å². The largest absolute Gasteiger partial charge is 0.383 e. The molecule has 2 N–H and O–H groups in total. The zero-order valence-electron chi connectivity index (χ0n) is 11.0. The van der Waals surface area contributed by atoms with Crippen LogP contribution in [0.1, 0.15) is 5.56 Å². The number of fused-ring (bicyclic) bond motifs is 1. The number of amides is 1. The molecule has 2 aliphatic rings.